The molecule has 0 saturated carbocycles. The van der Waals surface area contributed by atoms with Crippen LogP contribution in [0.2, 0.25) is 0 Å². The van der Waals surface area contributed by atoms with Gasteiger partial charge in [-0.1, -0.05) is 115 Å². The van der Waals surface area contributed by atoms with Gasteiger partial charge >= 0.3 is 0 Å². The van der Waals surface area contributed by atoms with Gasteiger partial charge in [-0.05, 0) is 88.3 Å². The van der Waals surface area contributed by atoms with Crippen LogP contribution in [0, 0.1) is 0 Å². The second-order valence-electron chi connectivity index (χ2n) is 12.5. The van der Waals surface area contributed by atoms with Gasteiger partial charge < -0.3 is 9.32 Å². The fourth-order valence-corrected chi connectivity index (χ4v) is 8.40. The fourth-order valence-electron chi connectivity index (χ4n) is 7.31. The van der Waals surface area contributed by atoms with Gasteiger partial charge in [0.25, 0.3) is 0 Å². The van der Waals surface area contributed by atoms with E-state index in [0.29, 0.717) is 0 Å². The second-order valence-corrected chi connectivity index (χ2v) is 13.6. The Kier molecular flexibility index (Phi) is 6.39. The largest absolute Gasteiger partial charge is 0.455 e. The van der Waals surface area contributed by atoms with Crippen LogP contribution in [0.3, 0.4) is 0 Å². The lowest BCUT2D eigenvalue weighted by molar-refractivity contribution is 0.672. The second kappa shape index (κ2) is 11.2. The smallest absolute Gasteiger partial charge is 0.143 e. The van der Waals surface area contributed by atoms with Gasteiger partial charge in [0.05, 0.1) is 11.1 Å². The molecule has 3 heteroatoms. The van der Waals surface area contributed by atoms with Crippen molar-refractivity contribution < 1.29 is 4.42 Å². The number of rotatable bonds is 5. The molecule has 0 spiro atoms. The highest BCUT2D eigenvalue weighted by Crippen LogP contribution is 2.45. The zero-order valence-electron chi connectivity index (χ0n) is 26.5. The Morgan fingerprint density at radius 1 is 0.408 bits per heavy atom. The van der Waals surface area contributed by atoms with E-state index in [0.717, 1.165) is 44.4 Å². The minimum absolute atomic E-state index is 0.876. The van der Waals surface area contributed by atoms with Crippen molar-refractivity contribution in [3.63, 3.8) is 0 Å². The molecule has 0 aliphatic heterocycles. The highest BCUT2D eigenvalue weighted by atomic mass is 32.1. The maximum absolute atomic E-state index is 6.64. The topological polar surface area (TPSA) is 16.4 Å². The SMILES string of the molecule is c1ccc(-c2ccc(N(c3cccc(-c4ccc5sc6ccccc6c5c4)c3)c3cccc4oc5c6ccccc6ccc5c34)cc2)cc1. The van der Waals surface area contributed by atoms with Crippen molar-refractivity contribution in [3.8, 4) is 22.3 Å². The molecule has 2 aromatic heterocycles. The van der Waals surface area contributed by atoms with Gasteiger partial charge in [0.2, 0.25) is 0 Å². The Labute approximate surface area is 287 Å². The molecule has 49 heavy (non-hydrogen) atoms. The predicted molar refractivity (Wildman–Crippen MR) is 210 cm³/mol. The van der Waals surface area contributed by atoms with Crippen LogP contribution in [0.1, 0.15) is 0 Å². The first-order chi connectivity index (χ1) is 24.3. The number of furan rings is 1. The first-order valence-electron chi connectivity index (χ1n) is 16.6. The lowest BCUT2D eigenvalue weighted by Crippen LogP contribution is -2.10. The molecule has 0 aliphatic rings. The molecule has 2 heterocycles. The van der Waals surface area contributed by atoms with E-state index in [2.05, 4.69) is 181 Å². The Morgan fingerprint density at radius 2 is 1.10 bits per heavy atom. The number of anilines is 3. The van der Waals surface area contributed by atoms with E-state index in [1.54, 1.807) is 0 Å². The number of benzene rings is 8. The summed E-state index contributed by atoms with van der Waals surface area (Å²) in [6.45, 7) is 0. The highest BCUT2D eigenvalue weighted by Gasteiger charge is 2.21. The fraction of sp³-hybridized carbons (Fsp3) is 0. The summed E-state index contributed by atoms with van der Waals surface area (Å²) in [4.78, 5) is 2.38. The van der Waals surface area contributed by atoms with Crippen LogP contribution in [-0.4, -0.2) is 0 Å². The van der Waals surface area contributed by atoms with Gasteiger partial charge in [-0.15, -0.1) is 11.3 Å². The molecule has 0 saturated heterocycles. The maximum atomic E-state index is 6.64. The van der Waals surface area contributed by atoms with Crippen molar-refractivity contribution in [3.05, 3.63) is 176 Å². The summed E-state index contributed by atoms with van der Waals surface area (Å²) in [5.74, 6) is 0. The molecule has 0 aliphatic carbocycles. The van der Waals surface area contributed by atoms with Gasteiger partial charge in [0, 0.05) is 42.3 Å². The van der Waals surface area contributed by atoms with Crippen LogP contribution in [0.25, 0.3) is 75.1 Å². The van der Waals surface area contributed by atoms with Gasteiger partial charge in [-0.3, -0.25) is 0 Å². The monoisotopic (exact) mass is 643 g/mol. The lowest BCUT2D eigenvalue weighted by atomic mass is 10.0. The Hall–Kier alpha value is -6.16. The zero-order chi connectivity index (χ0) is 32.3. The van der Waals surface area contributed by atoms with Crippen LogP contribution < -0.4 is 4.90 Å². The Bertz CT molecular complexity index is 2830. The molecule has 0 amide bonds. The van der Waals surface area contributed by atoms with Gasteiger partial charge in [0.1, 0.15) is 11.2 Å². The summed E-state index contributed by atoms with van der Waals surface area (Å²) < 4.78 is 9.27. The van der Waals surface area contributed by atoms with E-state index in [-0.39, 0.29) is 0 Å². The number of hydrogen-bond donors (Lipinski definition) is 0. The van der Waals surface area contributed by atoms with Crippen molar-refractivity contribution in [1.82, 2.24) is 0 Å². The number of thiophene rings is 1. The molecule has 0 radical (unpaired) electrons. The van der Waals surface area contributed by atoms with Crippen LogP contribution in [0.5, 0.6) is 0 Å². The van der Waals surface area contributed by atoms with E-state index in [9.17, 15) is 0 Å². The van der Waals surface area contributed by atoms with E-state index >= 15 is 0 Å². The molecule has 230 valence electrons. The van der Waals surface area contributed by atoms with E-state index in [1.165, 1.54) is 47.8 Å². The van der Waals surface area contributed by atoms with Gasteiger partial charge in [0.15, 0.2) is 0 Å². The van der Waals surface area contributed by atoms with Gasteiger partial charge in [-0.25, -0.2) is 0 Å². The molecule has 0 unspecified atom stereocenters. The molecule has 0 fully saturated rings. The zero-order valence-corrected chi connectivity index (χ0v) is 27.3. The summed E-state index contributed by atoms with van der Waals surface area (Å²) in [7, 11) is 0. The normalized spacial score (nSPS) is 11.7. The summed E-state index contributed by atoms with van der Waals surface area (Å²) in [5, 5.41) is 7.13. The molecule has 0 bridgehead atoms. The standard InChI is InChI=1S/C46H29NOS/c1-2-10-30(11-3-1)31-20-24-35(25-21-31)47(41-17-9-18-42-45(41)39-26-22-32-12-4-5-15-37(32)46(39)48-42)36-14-8-13-33(28-36)34-23-27-44-40(29-34)38-16-6-7-19-43(38)49-44/h1-29H. The Balaban J connectivity index is 1.18. The molecular weight excluding hydrogens is 615 g/mol. The molecule has 0 N–H and O–H groups in total. The van der Waals surface area contributed by atoms with Crippen molar-refractivity contribution >= 4 is 81.3 Å². The first-order valence-corrected chi connectivity index (χ1v) is 17.4. The van der Waals surface area contributed by atoms with E-state index in [4.69, 9.17) is 4.42 Å². The van der Waals surface area contributed by atoms with E-state index in [1.807, 2.05) is 11.3 Å². The third kappa shape index (κ3) is 4.62. The number of nitrogens with zero attached hydrogens (tertiary/aromatic N) is 1. The minimum atomic E-state index is 0.876. The average Bonchev–Trinajstić information content (AvgIpc) is 3.75. The molecular formula is C46H29NOS. The average molecular weight is 644 g/mol. The minimum Gasteiger partial charge on any atom is -0.455 e. The number of fused-ring (bicyclic) bond motifs is 8. The van der Waals surface area contributed by atoms with Gasteiger partial charge in [-0.2, -0.15) is 0 Å². The Morgan fingerprint density at radius 3 is 2.00 bits per heavy atom. The number of hydrogen-bond acceptors (Lipinski definition) is 3. The lowest BCUT2D eigenvalue weighted by Gasteiger charge is -2.27. The van der Waals surface area contributed by atoms with Crippen LogP contribution in [-0.2, 0) is 0 Å². The third-order valence-electron chi connectivity index (χ3n) is 9.65. The quantitative estimate of drug-likeness (QED) is 0.186. The predicted octanol–water partition coefficient (Wildman–Crippen LogP) is 13.9. The summed E-state index contributed by atoms with van der Waals surface area (Å²) in [6, 6.07) is 63.2. The molecule has 0 atom stereocenters. The molecule has 8 aromatic carbocycles. The first kappa shape index (κ1) is 27.9. The van der Waals surface area contributed by atoms with E-state index < -0.39 is 0 Å². The van der Waals surface area contributed by atoms with Crippen LogP contribution >= 0.6 is 11.3 Å². The summed E-state index contributed by atoms with van der Waals surface area (Å²) >= 11 is 1.85. The van der Waals surface area contributed by atoms with Crippen molar-refractivity contribution in [1.29, 1.82) is 0 Å². The maximum Gasteiger partial charge on any atom is 0.143 e. The van der Waals surface area contributed by atoms with Crippen molar-refractivity contribution in [2.75, 3.05) is 4.90 Å². The van der Waals surface area contributed by atoms with Crippen LogP contribution in [0.15, 0.2) is 180 Å². The highest BCUT2D eigenvalue weighted by molar-refractivity contribution is 7.25. The molecule has 10 rings (SSSR count). The summed E-state index contributed by atoms with van der Waals surface area (Å²) in [6.07, 6.45) is 0. The third-order valence-corrected chi connectivity index (χ3v) is 10.8. The van der Waals surface area contributed by atoms with Crippen molar-refractivity contribution in [2.45, 2.75) is 0 Å². The van der Waals surface area contributed by atoms with Crippen molar-refractivity contribution in [2.24, 2.45) is 0 Å². The molecule has 2 nitrogen and oxygen atoms in total. The van der Waals surface area contributed by atoms with Crippen LogP contribution in [0.4, 0.5) is 17.1 Å². The summed E-state index contributed by atoms with van der Waals surface area (Å²) in [5.41, 5.74) is 9.82. The molecule has 10 aromatic rings.